The SMILES string of the molecule is CCCc1cc2cccc(OC)c2[nH]1. The molecule has 0 aliphatic carbocycles. The zero-order valence-corrected chi connectivity index (χ0v) is 8.63. The Labute approximate surface area is 83.9 Å². The number of ether oxygens (including phenoxy) is 1. The fraction of sp³-hybridized carbons (Fsp3) is 0.333. The van der Waals surface area contributed by atoms with Gasteiger partial charge in [0.1, 0.15) is 5.75 Å². The van der Waals surface area contributed by atoms with E-state index >= 15 is 0 Å². The number of fused-ring (bicyclic) bond motifs is 1. The van der Waals surface area contributed by atoms with Crippen LogP contribution in [0, 0.1) is 0 Å². The number of nitrogens with one attached hydrogen (secondary N) is 1. The van der Waals surface area contributed by atoms with Crippen molar-refractivity contribution in [3.05, 3.63) is 30.0 Å². The lowest BCUT2D eigenvalue weighted by Crippen LogP contribution is -1.84. The van der Waals surface area contributed by atoms with Gasteiger partial charge in [0.2, 0.25) is 0 Å². The molecule has 0 aliphatic rings. The summed E-state index contributed by atoms with van der Waals surface area (Å²) in [5, 5.41) is 1.23. The van der Waals surface area contributed by atoms with Gasteiger partial charge in [0.05, 0.1) is 12.6 Å². The molecule has 0 aliphatic heterocycles. The summed E-state index contributed by atoms with van der Waals surface area (Å²) in [4.78, 5) is 3.39. The number of aromatic nitrogens is 1. The van der Waals surface area contributed by atoms with Gasteiger partial charge in [0.25, 0.3) is 0 Å². The lowest BCUT2D eigenvalue weighted by atomic mass is 10.2. The van der Waals surface area contributed by atoms with Crippen LogP contribution in [0.4, 0.5) is 0 Å². The molecule has 0 unspecified atom stereocenters. The van der Waals surface area contributed by atoms with E-state index in [2.05, 4.69) is 24.0 Å². The van der Waals surface area contributed by atoms with Crippen LogP contribution in [0.1, 0.15) is 19.0 Å². The molecule has 0 saturated heterocycles. The second kappa shape index (κ2) is 3.74. The second-order valence-corrected chi connectivity index (χ2v) is 3.47. The second-order valence-electron chi connectivity index (χ2n) is 3.47. The van der Waals surface area contributed by atoms with Crippen LogP contribution in [0.15, 0.2) is 24.3 Å². The Morgan fingerprint density at radius 3 is 2.93 bits per heavy atom. The predicted octanol–water partition coefficient (Wildman–Crippen LogP) is 3.13. The van der Waals surface area contributed by atoms with E-state index in [0.717, 1.165) is 24.1 Å². The molecule has 0 fully saturated rings. The molecule has 2 nitrogen and oxygen atoms in total. The molecule has 0 amide bonds. The summed E-state index contributed by atoms with van der Waals surface area (Å²) in [6, 6.07) is 8.30. The Balaban J connectivity index is 2.52. The Morgan fingerprint density at radius 1 is 1.36 bits per heavy atom. The van der Waals surface area contributed by atoms with E-state index < -0.39 is 0 Å². The maximum atomic E-state index is 5.29. The molecular formula is C12H15NO. The van der Waals surface area contributed by atoms with Crippen LogP contribution in [-0.2, 0) is 6.42 Å². The maximum absolute atomic E-state index is 5.29. The van der Waals surface area contributed by atoms with Gasteiger partial charge >= 0.3 is 0 Å². The summed E-state index contributed by atoms with van der Waals surface area (Å²) in [7, 11) is 1.70. The van der Waals surface area contributed by atoms with Crippen molar-refractivity contribution in [2.24, 2.45) is 0 Å². The molecule has 0 atom stereocenters. The third-order valence-electron chi connectivity index (χ3n) is 2.41. The number of para-hydroxylation sites is 1. The zero-order valence-electron chi connectivity index (χ0n) is 8.63. The molecule has 0 radical (unpaired) electrons. The first-order chi connectivity index (χ1) is 6.85. The number of H-pyrrole nitrogens is 1. The van der Waals surface area contributed by atoms with Crippen molar-refractivity contribution in [2.75, 3.05) is 7.11 Å². The zero-order chi connectivity index (χ0) is 9.97. The average Bonchev–Trinajstić information content (AvgIpc) is 2.60. The first-order valence-electron chi connectivity index (χ1n) is 4.99. The summed E-state index contributed by atoms with van der Waals surface area (Å²) < 4.78 is 5.29. The fourth-order valence-electron chi connectivity index (χ4n) is 1.76. The van der Waals surface area contributed by atoms with Crippen LogP contribution in [0.3, 0.4) is 0 Å². The Hall–Kier alpha value is -1.44. The number of hydrogen-bond acceptors (Lipinski definition) is 1. The number of rotatable bonds is 3. The Kier molecular flexibility index (Phi) is 2.44. The minimum Gasteiger partial charge on any atom is -0.495 e. The fourth-order valence-corrected chi connectivity index (χ4v) is 1.76. The molecular weight excluding hydrogens is 174 g/mol. The van der Waals surface area contributed by atoms with Gasteiger partial charge in [0.15, 0.2) is 0 Å². The van der Waals surface area contributed by atoms with Crippen LogP contribution >= 0.6 is 0 Å². The normalized spacial score (nSPS) is 10.7. The highest BCUT2D eigenvalue weighted by atomic mass is 16.5. The molecule has 0 bridgehead atoms. The topological polar surface area (TPSA) is 25.0 Å². The van der Waals surface area contributed by atoms with Crippen molar-refractivity contribution in [2.45, 2.75) is 19.8 Å². The Bertz CT molecular complexity index is 431. The van der Waals surface area contributed by atoms with Crippen LogP contribution in [0.25, 0.3) is 10.9 Å². The maximum Gasteiger partial charge on any atom is 0.142 e. The molecule has 2 rings (SSSR count). The van der Waals surface area contributed by atoms with E-state index in [1.807, 2.05) is 12.1 Å². The van der Waals surface area contributed by atoms with Crippen LogP contribution in [0.2, 0.25) is 0 Å². The molecule has 0 saturated carbocycles. The van der Waals surface area contributed by atoms with Gasteiger partial charge in [-0.2, -0.15) is 0 Å². The van der Waals surface area contributed by atoms with Crippen molar-refractivity contribution in [1.82, 2.24) is 4.98 Å². The van der Waals surface area contributed by atoms with Gasteiger partial charge < -0.3 is 9.72 Å². The molecule has 2 aromatic rings. The minimum atomic E-state index is 0.921. The van der Waals surface area contributed by atoms with E-state index in [9.17, 15) is 0 Å². The average molecular weight is 189 g/mol. The first kappa shape index (κ1) is 9.13. The minimum absolute atomic E-state index is 0.921. The molecule has 14 heavy (non-hydrogen) atoms. The van der Waals surface area contributed by atoms with E-state index in [-0.39, 0.29) is 0 Å². The van der Waals surface area contributed by atoms with Gasteiger partial charge in [0, 0.05) is 11.1 Å². The van der Waals surface area contributed by atoms with Gasteiger partial charge in [-0.05, 0) is 18.6 Å². The predicted molar refractivity (Wildman–Crippen MR) is 58.8 cm³/mol. The molecule has 2 heteroatoms. The van der Waals surface area contributed by atoms with Crippen LogP contribution < -0.4 is 4.74 Å². The molecule has 1 N–H and O–H groups in total. The smallest absolute Gasteiger partial charge is 0.142 e. The van der Waals surface area contributed by atoms with Crippen molar-refractivity contribution < 1.29 is 4.74 Å². The van der Waals surface area contributed by atoms with E-state index in [1.165, 1.54) is 11.1 Å². The Morgan fingerprint density at radius 2 is 2.21 bits per heavy atom. The van der Waals surface area contributed by atoms with E-state index in [0.29, 0.717) is 0 Å². The number of benzene rings is 1. The van der Waals surface area contributed by atoms with Crippen molar-refractivity contribution in [1.29, 1.82) is 0 Å². The highest BCUT2D eigenvalue weighted by Crippen LogP contribution is 2.25. The lowest BCUT2D eigenvalue weighted by Gasteiger charge is -1.99. The van der Waals surface area contributed by atoms with Crippen molar-refractivity contribution >= 4 is 10.9 Å². The molecule has 74 valence electrons. The summed E-state index contributed by atoms with van der Waals surface area (Å²) in [6.07, 6.45) is 2.26. The highest BCUT2D eigenvalue weighted by molar-refractivity contribution is 5.86. The van der Waals surface area contributed by atoms with Gasteiger partial charge in [-0.15, -0.1) is 0 Å². The molecule has 1 aromatic carbocycles. The highest BCUT2D eigenvalue weighted by Gasteiger charge is 2.04. The number of methoxy groups -OCH3 is 1. The standard InChI is InChI=1S/C12H15NO/c1-3-5-10-8-9-6-4-7-11(14-2)12(9)13-10/h4,6-8,13H,3,5H2,1-2H3. The third-order valence-corrected chi connectivity index (χ3v) is 2.41. The molecule has 0 spiro atoms. The molecule has 1 aromatic heterocycles. The van der Waals surface area contributed by atoms with Gasteiger partial charge in [-0.1, -0.05) is 25.5 Å². The van der Waals surface area contributed by atoms with E-state index in [1.54, 1.807) is 7.11 Å². The van der Waals surface area contributed by atoms with E-state index in [4.69, 9.17) is 4.74 Å². The number of aromatic amines is 1. The van der Waals surface area contributed by atoms with Gasteiger partial charge in [-0.3, -0.25) is 0 Å². The third kappa shape index (κ3) is 1.48. The number of hydrogen-bond donors (Lipinski definition) is 1. The summed E-state index contributed by atoms with van der Waals surface area (Å²) in [6.45, 7) is 2.18. The summed E-state index contributed by atoms with van der Waals surface area (Å²) >= 11 is 0. The van der Waals surface area contributed by atoms with Crippen LogP contribution in [0.5, 0.6) is 5.75 Å². The number of aryl methyl sites for hydroxylation is 1. The van der Waals surface area contributed by atoms with Gasteiger partial charge in [-0.25, -0.2) is 0 Å². The van der Waals surface area contributed by atoms with Crippen LogP contribution in [-0.4, -0.2) is 12.1 Å². The molecule has 1 heterocycles. The van der Waals surface area contributed by atoms with Crippen molar-refractivity contribution in [3.8, 4) is 5.75 Å². The lowest BCUT2D eigenvalue weighted by molar-refractivity contribution is 0.419. The summed E-state index contributed by atoms with van der Waals surface area (Å²) in [5.74, 6) is 0.921. The van der Waals surface area contributed by atoms with Crippen molar-refractivity contribution in [3.63, 3.8) is 0 Å². The summed E-state index contributed by atoms with van der Waals surface area (Å²) in [5.41, 5.74) is 2.39. The quantitative estimate of drug-likeness (QED) is 0.788. The largest absolute Gasteiger partial charge is 0.495 e. The monoisotopic (exact) mass is 189 g/mol. The first-order valence-corrected chi connectivity index (χ1v) is 4.99.